The van der Waals surface area contributed by atoms with E-state index < -0.39 is 25.0 Å². The number of carbonyl (C=O) groups excluding carboxylic acids is 1. The number of furan rings is 1. The Morgan fingerprint density at radius 2 is 2.20 bits per heavy atom. The summed E-state index contributed by atoms with van der Waals surface area (Å²) in [6, 6.07) is 4.89. The molecule has 7 heteroatoms. The van der Waals surface area contributed by atoms with Gasteiger partial charge in [-0.1, -0.05) is 11.6 Å². The lowest BCUT2D eigenvalue weighted by atomic mass is 10.1. The number of carbonyl (C=O) groups is 1. The van der Waals surface area contributed by atoms with E-state index in [1.807, 2.05) is 0 Å². The van der Waals surface area contributed by atoms with E-state index in [1.54, 1.807) is 25.1 Å². The highest BCUT2D eigenvalue weighted by molar-refractivity contribution is 6.31. The summed E-state index contributed by atoms with van der Waals surface area (Å²) >= 11 is 5.86. The average molecular weight is 304 g/mol. The molecule has 1 heterocycles. The molecule has 0 saturated carbocycles. The van der Waals surface area contributed by atoms with Gasteiger partial charge in [-0.3, -0.25) is 4.79 Å². The van der Waals surface area contributed by atoms with Gasteiger partial charge in [-0.15, -0.1) is 0 Å². The fourth-order valence-electron chi connectivity index (χ4n) is 1.78. The van der Waals surface area contributed by atoms with Crippen molar-refractivity contribution in [1.82, 2.24) is 5.32 Å². The Morgan fingerprint density at radius 1 is 1.50 bits per heavy atom. The minimum atomic E-state index is -2.91. The molecule has 1 amide bonds. The third-order valence-electron chi connectivity index (χ3n) is 2.87. The molecule has 0 aliphatic heterocycles. The van der Waals surface area contributed by atoms with E-state index in [4.69, 9.17) is 21.1 Å². The molecule has 0 bridgehead atoms. The quantitative estimate of drug-likeness (QED) is 0.913. The van der Waals surface area contributed by atoms with E-state index in [9.17, 15) is 13.6 Å². The van der Waals surface area contributed by atoms with Gasteiger partial charge in [0.15, 0.2) is 5.76 Å². The summed E-state index contributed by atoms with van der Waals surface area (Å²) in [5.41, 5.74) is 1.04. The van der Waals surface area contributed by atoms with Crippen molar-refractivity contribution >= 4 is 28.5 Å². The molecular weight excluding hydrogens is 292 g/mol. The molecule has 108 valence electrons. The number of rotatable bonds is 4. The van der Waals surface area contributed by atoms with Crippen LogP contribution >= 0.6 is 11.6 Å². The van der Waals surface area contributed by atoms with Crippen LogP contribution in [0.1, 0.15) is 16.1 Å². The fourth-order valence-corrected chi connectivity index (χ4v) is 1.95. The lowest BCUT2D eigenvalue weighted by Crippen LogP contribution is -2.35. The lowest BCUT2D eigenvalue weighted by Gasteiger charge is -2.09. The molecule has 4 nitrogen and oxygen atoms in total. The summed E-state index contributed by atoms with van der Waals surface area (Å²) in [5, 5.41) is 12.3. The Balaban J connectivity index is 2.20. The summed E-state index contributed by atoms with van der Waals surface area (Å²) in [6.45, 7) is 1.12. The first-order chi connectivity index (χ1) is 9.40. The summed E-state index contributed by atoms with van der Waals surface area (Å²) in [7, 11) is 0. The highest BCUT2D eigenvalue weighted by atomic mass is 35.5. The maximum atomic E-state index is 12.1. The molecule has 2 rings (SSSR count). The van der Waals surface area contributed by atoms with Crippen molar-refractivity contribution in [1.29, 1.82) is 0 Å². The number of aliphatic hydroxyl groups is 1. The molecule has 0 radical (unpaired) electrons. The van der Waals surface area contributed by atoms with Crippen LogP contribution < -0.4 is 5.32 Å². The van der Waals surface area contributed by atoms with E-state index in [1.165, 1.54) is 0 Å². The molecule has 1 aromatic heterocycles. The number of hydrogen-bond acceptors (Lipinski definition) is 3. The standard InChI is InChI=1S/C13H12ClF2NO3/c1-6-8-4-7(14)2-3-10(8)20-11(6)13(19)17-5-9(18)12(15)16/h2-4,9,12,18H,5H2,1H3,(H,17,19). The van der Waals surface area contributed by atoms with Crippen LogP contribution in [0.2, 0.25) is 5.02 Å². The Bertz CT molecular complexity index is 642. The number of aryl methyl sites for hydroxylation is 1. The second kappa shape index (κ2) is 5.76. The minimum Gasteiger partial charge on any atom is -0.451 e. The van der Waals surface area contributed by atoms with Gasteiger partial charge in [-0.2, -0.15) is 0 Å². The predicted molar refractivity (Wildman–Crippen MR) is 70.3 cm³/mol. The van der Waals surface area contributed by atoms with Gasteiger partial charge in [0.25, 0.3) is 12.3 Å². The van der Waals surface area contributed by atoms with Crippen molar-refractivity contribution in [3.8, 4) is 0 Å². The van der Waals surface area contributed by atoms with Gasteiger partial charge in [0, 0.05) is 22.5 Å². The van der Waals surface area contributed by atoms with Crippen LogP contribution in [0, 0.1) is 6.92 Å². The van der Waals surface area contributed by atoms with Gasteiger partial charge >= 0.3 is 0 Å². The molecule has 2 N–H and O–H groups in total. The van der Waals surface area contributed by atoms with Gasteiger partial charge in [-0.05, 0) is 25.1 Å². The first-order valence-electron chi connectivity index (χ1n) is 5.83. The highest BCUT2D eigenvalue weighted by Gasteiger charge is 2.21. The smallest absolute Gasteiger partial charge is 0.287 e. The van der Waals surface area contributed by atoms with E-state index in [2.05, 4.69) is 5.32 Å². The molecule has 0 spiro atoms. The number of benzene rings is 1. The van der Waals surface area contributed by atoms with Crippen LogP contribution in [-0.4, -0.2) is 30.1 Å². The van der Waals surface area contributed by atoms with Crippen molar-refractivity contribution in [2.75, 3.05) is 6.54 Å². The zero-order valence-corrected chi connectivity index (χ0v) is 11.2. The van der Waals surface area contributed by atoms with E-state index in [0.717, 1.165) is 0 Å². The van der Waals surface area contributed by atoms with Crippen molar-refractivity contribution in [3.63, 3.8) is 0 Å². The van der Waals surface area contributed by atoms with Crippen molar-refractivity contribution in [2.45, 2.75) is 19.5 Å². The number of nitrogens with one attached hydrogen (secondary N) is 1. The zero-order chi connectivity index (χ0) is 14.9. The molecule has 0 fully saturated rings. The Kier molecular flexibility index (Phi) is 4.25. The summed E-state index contributed by atoms with van der Waals surface area (Å²) in [5.74, 6) is -0.641. The first-order valence-corrected chi connectivity index (χ1v) is 6.21. The van der Waals surface area contributed by atoms with E-state index >= 15 is 0 Å². The third-order valence-corrected chi connectivity index (χ3v) is 3.10. The number of amides is 1. The third kappa shape index (κ3) is 2.91. The van der Waals surface area contributed by atoms with Crippen molar-refractivity contribution in [3.05, 3.63) is 34.5 Å². The van der Waals surface area contributed by atoms with Gasteiger partial charge in [-0.25, -0.2) is 8.78 Å². The van der Waals surface area contributed by atoms with Crippen molar-refractivity contribution < 1.29 is 23.1 Å². The predicted octanol–water partition coefficient (Wildman–Crippen LogP) is 2.75. The molecule has 2 aromatic rings. The zero-order valence-electron chi connectivity index (χ0n) is 10.5. The second-order valence-corrected chi connectivity index (χ2v) is 4.74. The Labute approximate surface area is 118 Å². The molecule has 1 aromatic carbocycles. The normalized spacial score (nSPS) is 12.9. The summed E-state index contributed by atoms with van der Waals surface area (Å²) < 4.78 is 29.6. The Morgan fingerprint density at radius 3 is 2.85 bits per heavy atom. The summed E-state index contributed by atoms with van der Waals surface area (Å²) in [4.78, 5) is 11.9. The van der Waals surface area contributed by atoms with Gasteiger partial charge in [0.1, 0.15) is 11.7 Å². The fraction of sp³-hybridized carbons (Fsp3) is 0.308. The van der Waals surface area contributed by atoms with Gasteiger partial charge in [0.05, 0.1) is 0 Å². The molecular formula is C13H12ClF2NO3. The molecule has 1 atom stereocenters. The number of hydrogen-bond donors (Lipinski definition) is 2. The number of aliphatic hydroxyl groups excluding tert-OH is 1. The number of fused-ring (bicyclic) bond motifs is 1. The van der Waals surface area contributed by atoms with E-state index in [0.29, 0.717) is 21.6 Å². The number of alkyl halides is 2. The van der Waals surface area contributed by atoms with Crippen molar-refractivity contribution in [2.24, 2.45) is 0 Å². The number of halogens is 3. The topological polar surface area (TPSA) is 62.5 Å². The van der Waals surface area contributed by atoms with Gasteiger partial charge in [0.2, 0.25) is 0 Å². The molecule has 0 saturated heterocycles. The van der Waals surface area contributed by atoms with E-state index in [-0.39, 0.29) is 5.76 Å². The Hall–Kier alpha value is -1.66. The maximum absolute atomic E-state index is 12.1. The molecule has 1 unspecified atom stereocenters. The molecule has 0 aliphatic rings. The monoisotopic (exact) mass is 303 g/mol. The maximum Gasteiger partial charge on any atom is 0.287 e. The minimum absolute atomic E-state index is 0.0173. The summed E-state index contributed by atoms with van der Waals surface area (Å²) in [6.07, 6.45) is -4.82. The molecule has 0 aliphatic carbocycles. The average Bonchev–Trinajstić information content (AvgIpc) is 2.73. The SMILES string of the molecule is Cc1c(C(=O)NCC(O)C(F)F)oc2ccc(Cl)cc12. The van der Waals surface area contributed by atoms with Gasteiger partial charge < -0.3 is 14.8 Å². The largest absolute Gasteiger partial charge is 0.451 e. The van der Waals surface area contributed by atoms with Crippen LogP contribution in [0.15, 0.2) is 22.6 Å². The molecule has 20 heavy (non-hydrogen) atoms. The van der Waals surface area contributed by atoms with Crippen LogP contribution in [0.3, 0.4) is 0 Å². The highest BCUT2D eigenvalue weighted by Crippen LogP contribution is 2.27. The van der Waals surface area contributed by atoms with Crippen LogP contribution in [0.25, 0.3) is 11.0 Å². The lowest BCUT2D eigenvalue weighted by molar-refractivity contribution is -0.00282. The van der Waals surface area contributed by atoms with Crippen LogP contribution in [0.5, 0.6) is 0 Å². The first kappa shape index (κ1) is 14.7. The second-order valence-electron chi connectivity index (χ2n) is 4.31. The van der Waals surface area contributed by atoms with Crippen LogP contribution in [0.4, 0.5) is 8.78 Å². The van der Waals surface area contributed by atoms with Crippen LogP contribution in [-0.2, 0) is 0 Å².